The third-order valence-electron chi connectivity index (χ3n) is 7.76. The number of alkyl halides is 2. The summed E-state index contributed by atoms with van der Waals surface area (Å²) in [7, 11) is 0. The van der Waals surface area contributed by atoms with E-state index in [2.05, 4.69) is 26.6 Å². The molecule has 0 unspecified atom stereocenters. The molecular weight excluding hydrogens is 516 g/mol. The maximum atomic E-state index is 14.1. The van der Waals surface area contributed by atoms with Gasteiger partial charge in [-0.2, -0.15) is 4.98 Å². The van der Waals surface area contributed by atoms with Crippen molar-refractivity contribution in [1.82, 2.24) is 29.7 Å². The van der Waals surface area contributed by atoms with Gasteiger partial charge in [0.1, 0.15) is 11.2 Å². The highest BCUT2D eigenvalue weighted by molar-refractivity contribution is 6.30. The van der Waals surface area contributed by atoms with Crippen molar-refractivity contribution in [1.29, 1.82) is 0 Å². The third kappa shape index (κ3) is 4.68. The normalized spacial score (nSPS) is 22.1. The Morgan fingerprint density at radius 1 is 1.16 bits per heavy atom. The number of fused-ring (bicyclic) bond motifs is 1. The van der Waals surface area contributed by atoms with Crippen molar-refractivity contribution in [2.45, 2.75) is 64.5 Å². The van der Waals surface area contributed by atoms with Crippen molar-refractivity contribution in [2.24, 2.45) is 11.8 Å². The van der Waals surface area contributed by atoms with Crippen LogP contribution in [-0.4, -0.2) is 48.7 Å². The first-order valence-corrected chi connectivity index (χ1v) is 13.4. The fourth-order valence-electron chi connectivity index (χ4n) is 5.76. The Balaban J connectivity index is 1.58. The zero-order chi connectivity index (χ0) is 26.4. The van der Waals surface area contributed by atoms with Gasteiger partial charge in [-0.15, -0.1) is 0 Å². The minimum absolute atomic E-state index is 0.0594. The predicted octanol–water partition coefficient (Wildman–Crippen LogP) is 5.55. The number of nitrogens with one attached hydrogen (secondary N) is 1. The van der Waals surface area contributed by atoms with Crippen molar-refractivity contribution in [3.8, 4) is 22.9 Å². The third-order valence-corrected chi connectivity index (χ3v) is 7.99. The number of benzene rings is 1. The number of aromatic nitrogens is 6. The molecule has 0 radical (unpaired) electrons. The van der Waals surface area contributed by atoms with Crippen LogP contribution in [0.15, 0.2) is 33.6 Å². The molecule has 1 atom stereocenters. The quantitative estimate of drug-likeness (QED) is 0.340. The van der Waals surface area contributed by atoms with Crippen LogP contribution in [0.3, 0.4) is 0 Å². The van der Waals surface area contributed by atoms with Gasteiger partial charge < -0.3 is 9.47 Å². The van der Waals surface area contributed by atoms with E-state index < -0.39 is 18.2 Å². The Kier molecular flexibility index (Phi) is 6.63. The summed E-state index contributed by atoms with van der Waals surface area (Å²) in [6, 6.07) is 6.34. The molecule has 200 valence electrons. The topological polar surface area (TPSA) is 106 Å². The summed E-state index contributed by atoms with van der Waals surface area (Å²) >= 11 is 6.35. The van der Waals surface area contributed by atoms with Crippen LogP contribution < -0.4 is 10.7 Å². The number of H-pyrrole nitrogens is 1. The molecule has 0 spiro atoms. The average molecular weight is 544 g/mol. The van der Waals surface area contributed by atoms with E-state index in [1.807, 2.05) is 16.7 Å². The van der Waals surface area contributed by atoms with Crippen LogP contribution in [-0.2, 0) is 6.54 Å². The molecule has 1 aliphatic carbocycles. The first-order chi connectivity index (χ1) is 18.4. The zero-order valence-electron chi connectivity index (χ0n) is 20.9. The van der Waals surface area contributed by atoms with E-state index in [0.29, 0.717) is 71.2 Å². The molecule has 1 saturated heterocycles. The molecular formula is C26H28ClF2N7O2. The molecule has 3 aromatic heterocycles. The van der Waals surface area contributed by atoms with Crippen LogP contribution in [0.5, 0.6) is 0 Å². The summed E-state index contributed by atoms with van der Waals surface area (Å²) in [5, 5.41) is 4.27. The van der Waals surface area contributed by atoms with E-state index >= 15 is 0 Å². The Bertz CT molecular complexity index is 1510. The van der Waals surface area contributed by atoms with Crippen molar-refractivity contribution >= 4 is 28.7 Å². The Morgan fingerprint density at radius 3 is 2.68 bits per heavy atom. The fraction of sp³-hybridized carbons (Fsp3) is 0.500. The highest BCUT2D eigenvalue weighted by Crippen LogP contribution is 2.38. The number of halogens is 3. The van der Waals surface area contributed by atoms with Gasteiger partial charge in [-0.05, 0) is 49.7 Å². The van der Waals surface area contributed by atoms with Crippen LogP contribution in [0.4, 0.5) is 14.7 Å². The maximum Gasteiger partial charge on any atom is 0.439 e. The molecule has 1 aliphatic heterocycles. The first-order valence-electron chi connectivity index (χ1n) is 13.0. The molecule has 0 amide bonds. The predicted molar refractivity (Wildman–Crippen MR) is 139 cm³/mol. The van der Waals surface area contributed by atoms with Crippen LogP contribution in [0.25, 0.3) is 34.1 Å². The zero-order valence-corrected chi connectivity index (χ0v) is 21.7. The van der Waals surface area contributed by atoms with Crippen molar-refractivity contribution in [3.63, 3.8) is 0 Å². The molecule has 4 heterocycles. The van der Waals surface area contributed by atoms with Crippen LogP contribution in [0, 0.1) is 11.8 Å². The summed E-state index contributed by atoms with van der Waals surface area (Å²) in [5.74, 6) is 0.989. The van der Waals surface area contributed by atoms with Gasteiger partial charge in [-0.3, -0.25) is 9.51 Å². The second kappa shape index (κ2) is 10.1. The van der Waals surface area contributed by atoms with E-state index in [1.54, 1.807) is 17.0 Å². The van der Waals surface area contributed by atoms with Crippen LogP contribution in [0.2, 0.25) is 5.02 Å². The van der Waals surface area contributed by atoms with Gasteiger partial charge in [-0.25, -0.2) is 23.5 Å². The molecule has 6 rings (SSSR count). The lowest BCUT2D eigenvalue weighted by molar-refractivity contribution is 0.116. The fourth-order valence-corrected chi connectivity index (χ4v) is 5.95. The maximum absolute atomic E-state index is 14.1. The van der Waals surface area contributed by atoms with Gasteiger partial charge >= 0.3 is 5.76 Å². The van der Waals surface area contributed by atoms with Crippen molar-refractivity contribution < 1.29 is 13.3 Å². The van der Waals surface area contributed by atoms with Gasteiger partial charge in [0.25, 0.3) is 6.43 Å². The van der Waals surface area contributed by atoms with Gasteiger partial charge in [0.05, 0.1) is 6.04 Å². The van der Waals surface area contributed by atoms with Gasteiger partial charge in [0, 0.05) is 23.7 Å². The highest BCUT2D eigenvalue weighted by atomic mass is 35.5. The molecule has 9 nitrogen and oxygen atoms in total. The molecule has 2 fully saturated rings. The molecule has 0 bridgehead atoms. The minimum Gasteiger partial charge on any atom is -0.333 e. The number of hydrogen-bond acceptors (Lipinski definition) is 7. The first kappa shape index (κ1) is 25.0. The summed E-state index contributed by atoms with van der Waals surface area (Å²) in [4.78, 5) is 30.1. The number of anilines is 1. The number of aromatic amines is 1. The Labute approximate surface area is 222 Å². The number of nitrogens with zero attached hydrogens (tertiary/aromatic N) is 6. The summed E-state index contributed by atoms with van der Waals surface area (Å²) in [6.07, 6.45) is 2.97. The summed E-state index contributed by atoms with van der Waals surface area (Å²) < 4.78 is 34.8. The molecule has 2 aliphatic rings. The standard InChI is InChI=1S/C26H28ClF2N7O2/c1-14-7-9-15(10-8-14)13-36-20-19(16-4-2-5-17(27)12-16)30-23(24-33-26(37)38-34-24)31-22(20)32-25(36)35-11-3-6-18(35)21(28)29/h2,4-5,12,14-15,18,21H,3,6-11,13H2,1H3,(H,33,34,37)/t14?,15?,18-/m0/s1. The van der Waals surface area contributed by atoms with Gasteiger partial charge in [0.15, 0.2) is 5.65 Å². The second-order valence-electron chi connectivity index (χ2n) is 10.4. The molecule has 12 heteroatoms. The molecule has 38 heavy (non-hydrogen) atoms. The van der Waals surface area contributed by atoms with Crippen LogP contribution in [0.1, 0.15) is 45.4 Å². The van der Waals surface area contributed by atoms with E-state index in [1.165, 1.54) is 0 Å². The summed E-state index contributed by atoms with van der Waals surface area (Å²) in [6.45, 7) is 3.39. The van der Waals surface area contributed by atoms with Crippen molar-refractivity contribution in [3.05, 3.63) is 39.8 Å². The van der Waals surface area contributed by atoms with Gasteiger partial charge in [-0.1, -0.05) is 48.7 Å². The molecule has 1 N–H and O–H groups in total. The monoisotopic (exact) mass is 543 g/mol. The molecule has 1 saturated carbocycles. The van der Waals surface area contributed by atoms with Crippen LogP contribution >= 0.6 is 11.6 Å². The smallest absolute Gasteiger partial charge is 0.333 e. The SMILES string of the molecule is CC1CCC(Cn2c(N3CCC[C@H]3C(F)F)nc3nc(-c4noc(=O)[nH]4)nc(-c4cccc(Cl)c4)c32)CC1. The summed E-state index contributed by atoms with van der Waals surface area (Å²) in [5.41, 5.74) is 2.24. The van der Waals surface area contributed by atoms with E-state index in [-0.39, 0.29) is 11.6 Å². The Morgan fingerprint density at radius 2 is 1.97 bits per heavy atom. The molecule has 1 aromatic carbocycles. The average Bonchev–Trinajstić information content (AvgIpc) is 3.63. The Hall–Kier alpha value is -3.34. The lowest BCUT2D eigenvalue weighted by Crippen LogP contribution is -2.37. The minimum atomic E-state index is -2.49. The lowest BCUT2D eigenvalue weighted by Gasteiger charge is -2.30. The highest BCUT2D eigenvalue weighted by Gasteiger charge is 2.36. The largest absolute Gasteiger partial charge is 0.439 e. The van der Waals surface area contributed by atoms with E-state index in [0.717, 1.165) is 25.7 Å². The molecule has 4 aromatic rings. The van der Waals surface area contributed by atoms with Gasteiger partial charge in [0.2, 0.25) is 17.6 Å². The number of hydrogen-bond donors (Lipinski definition) is 1. The second-order valence-corrected chi connectivity index (χ2v) is 10.8. The number of imidazole rings is 1. The van der Waals surface area contributed by atoms with E-state index in [4.69, 9.17) is 21.6 Å². The lowest BCUT2D eigenvalue weighted by atomic mass is 9.83. The van der Waals surface area contributed by atoms with E-state index in [9.17, 15) is 13.6 Å². The number of rotatable bonds is 6. The van der Waals surface area contributed by atoms with Crippen molar-refractivity contribution in [2.75, 3.05) is 11.4 Å².